The highest BCUT2D eigenvalue weighted by Crippen LogP contribution is 2.50. The summed E-state index contributed by atoms with van der Waals surface area (Å²) in [6.45, 7) is 7.99. The molecule has 65 heavy (non-hydrogen) atoms. The molecule has 9 nitrogen and oxygen atoms in total. The maximum absolute atomic E-state index is 13.8. The first-order valence-corrected chi connectivity index (χ1v) is 21.6. The lowest BCUT2D eigenvalue weighted by molar-refractivity contribution is -0.623. The number of benzene rings is 2. The van der Waals surface area contributed by atoms with Gasteiger partial charge in [0.2, 0.25) is 0 Å². The highest BCUT2D eigenvalue weighted by molar-refractivity contribution is 7.91. The predicted octanol–water partition coefficient (Wildman–Crippen LogP) is 10.6. The molecule has 2 aromatic carbocycles. The van der Waals surface area contributed by atoms with Gasteiger partial charge in [-0.3, -0.25) is 0 Å². The summed E-state index contributed by atoms with van der Waals surface area (Å²) in [4.78, 5) is 5.81. The number of unbranched alkanes of at least 4 members (excludes halogenated alkanes) is 2. The molecular formula is C54H78N2O7S2. The molecular weight excluding hydrogens is 853 g/mol. The average Bonchev–Trinajstić information content (AvgIpc) is 3.36. The first-order valence-electron chi connectivity index (χ1n) is 19.6. The van der Waals surface area contributed by atoms with Crippen LogP contribution in [0.4, 0.5) is 5.69 Å². The minimum Gasteiger partial charge on any atom is -0.392 e. The maximum Gasteiger partial charge on any atom is 0.179 e. The van der Waals surface area contributed by atoms with Gasteiger partial charge in [0, 0.05) is 112 Å². The van der Waals surface area contributed by atoms with Crippen molar-refractivity contribution in [2.75, 3.05) is 24.7 Å². The lowest BCUT2D eigenvalue weighted by Crippen LogP contribution is -2.43. The van der Waals surface area contributed by atoms with Crippen molar-refractivity contribution in [1.82, 2.24) is 0 Å². The highest BCUT2D eigenvalue weighted by Gasteiger charge is 2.49. The summed E-state index contributed by atoms with van der Waals surface area (Å²) in [5, 5.41) is 25.5. The van der Waals surface area contributed by atoms with Crippen molar-refractivity contribution in [2.45, 2.75) is 83.1 Å². The van der Waals surface area contributed by atoms with Gasteiger partial charge in [0.15, 0.2) is 9.84 Å². The first-order chi connectivity index (χ1) is 31.5. The van der Waals surface area contributed by atoms with Gasteiger partial charge < -0.3 is 10.0 Å². The molecule has 0 bridgehead atoms. The fourth-order valence-corrected chi connectivity index (χ4v) is 8.25. The standard InChI is InChI=1S/C27H39NO3S.C27H4.HNO4S.17H2/c1-6-8-15-27(16-9-7-2)19-32(30,31)24-14-13-22(28(4)5)18-23(24)25(26(27)29)21-12-10-11-20(3)17-21;1-3-5-7-9-11-13-15-17-19-21-23-25-27-26-24-22-20-18-16-14-12-10-8-6-4-2;2-4-5-3-1-6;;;;;;;;;;;;;;;;;/h10-14,17-18,25-26,29H,6-9,15-16,19H2,1-5H3;1H,2H3;2H;17*1H/t25-,26-;;;;;;;;;;;;;;;;;;;/m1.................../s1. The largest absolute Gasteiger partial charge is 0.392 e. The van der Waals surface area contributed by atoms with Gasteiger partial charge in [-0.25, -0.2) is 13.7 Å². The zero-order chi connectivity index (χ0) is 48.0. The Morgan fingerprint density at radius 3 is 1.60 bits per heavy atom. The Balaban J connectivity index is -0.0000000528. The molecule has 1 heterocycles. The quantitative estimate of drug-likeness (QED) is 0.0983. The van der Waals surface area contributed by atoms with Crippen LogP contribution in [-0.4, -0.2) is 44.7 Å². The Morgan fingerprint density at radius 2 is 1.23 bits per heavy atom. The van der Waals surface area contributed by atoms with Crippen LogP contribution in [0.2, 0.25) is 0 Å². The minimum absolute atomic E-state index is 0. The van der Waals surface area contributed by atoms with Gasteiger partial charge in [-0.1, -0.05) is 75.3 Å². The summed E-state index contributed by atoms with van der Waals surface area (Å²) >= 11 is 3.80. The number of aryl methyl sites for hydroxylation is 1. The van der Waals surface area contributed by atoms with E-state index in [0.717, 1.165) is 60.9 Å². The summed E-state index contributed by atoms with van der Waals surface area (Å²) in [5.74, 6) is 61.5. The number of nitrogens with zero attached hydrogens (tertiary/aromatic N) is 2. The van der Waals surface area contributed by atoms with Crippen molar-refractivity contribution >= 4 is 27.9 Å². The van der Waals surface area contributed by atoms with Crippen LogP contribution in [0.3, 0.4) is 0 Å². The van der Waals surface area contributed by atoms with Crippen LogP contribution in [0.25, 0.3) is 0 Å². The molecule has 0 radical (unpaired) electrons. The summed E-state index contributed by atoms with van der Waals surface area (Å²) in [5.41, 5.74) is 3.11. The number of hydrogen-bond donors (Lipinski definition) is 2. The van der Waals surface area contributed by atoms with Crippen molar-refractivity contribution in [3.63, 3.8) is 0 Å². The van der Waals surface area contributed by atoms with E-state index in [4.69, 9.17) is 11.7 Å². The third kappa shape index (κ3) is 22.2. The van der Waals surface area contributed by atoms with Crippen molar-refractivity contribution in [3.8, 4) is 154 Å². The van der Waals surface area contributed by atoms with E-state index in [1.54, 1.807) is 13.0 Å². The van der Waals surface area contributed by atoms with Crippen LogP contribution in [0.15, 0.2) is 51.9 Å². The van der Waals surface area contributed by atoms with Gasteiger partial charge in [0.1, 0.15) is 0 Å². The van der Waals surface area contributed by atoms with Crippen molar-refractivity contribution < 1.29 is 58.1 Å². The topological polar surface area (TPSA) is 118 Å². The van der Waals surface area contributed by atoms with Crippen molar-refractivity contribution in [3.05, 3.63) is 59.2 Å². The van der Waals surface area contributed by atoms with Gasteiger partial charge in [-0.2, -0.15) is 4.99 Å². The second kappa shape index (κ2) is 33.7. The number of fused-ring (bicyclic) bond motifs is 1. The molecule has 11 heteroatoms. The molecule has 0 saturated carbocycles. The molecule has 0 saturated heterocycles. The molecule has 2 atom stereocenters. The minimum atomic E-state index is -3.55. The van der Waals surface area contributed by atoms with Crippen molar-refractivity contribution in [2.24, 2.45) is 9.94 Å². The third-order valence-corrected chi connectivity index (χ3v) is 10.8. The zero-order valence-corrected chi connectivity index (χ0v) is 38.5. The molecule has 0 amide bonds. The molecule has 0 aromatic heterocycles. The Labute approximate surface area is 416 Å². The van der Waals surface area contributed by atoms with Crippen LogP contribution in [0, 0.1) is 167 Å². The Kier molecular flexibility index (Phi) is 28.6. The van der Waals surface area contributed by atoms with E-state index in [1.165, 1.54) is 0 Å². The predicted molar refractivity (Wildman–Crippen MR) is 293 cm³/mol. The normalized spacial score (nSPS) is 12.9. The SMILES string of the molecule is C#CC#CC#CC#CC#CC#CC#CC#CC#CC#CC#CC#CC#CC.CCCCC1(CCCC)CS(=O)(=O)c2ccc(N(C)C)cc2[C@@H](c2cccc(C)c2)[C@H]1O.OOOON=S.[HH].[HH].[HH].[HH].[HH].[HH].[HH].[HH].[HH].[HH].[HH].[HH].[HH].[HH].[HH].[HH].[HH]. The van der Waals surface area contributed by atoms with E-state index in [9.17, 15) is 13.5 Å². The first kappa shape index (κ1) is 55.1. The number of hydrogen-bond acceptors (Lipinski definition) is 10. The van der Waals surface area contributed by atoms with Crippen LogP contribution >= 0.6 is 0 Å². The van der Waals surface area contributed by atoms with Crippen molar-refractivity contribution in [1.29, 1.82) is 0 Å². The summed E-state index contributed by atoms with van der Waals surface area (Å²) in [6, 6.07) is 13.8. The molecule has 1 aliphatic rings. The summed E-state index contributed by atoms with van der Waals surface area (Å²) < 4.78 is 30.1. The molecule has 0 spiro atoms. The van der Waals surface area contributed by atoms with Gasteiger partial charge in [0.05, 0.1) is 29.2 Å². The van der Waals surface area contributed by atoms with E-state index in [1.807, 2.05) is 56.3 Å². The van der Waals surface area contributed by atoms with Gasteiger partial charge in [-0.05, 0) is 156 Å². The van der Waals surface area contributed by atoms with E-state index in [2.05, 4.69) is 200 Å². The number of terminal acetylenes is 1. The fraction of sp³-hybridized carbons (Fsp3) is 0.296. The molecule has 2 N–H and O–H groups in total. The highest BCUT2D eigenvalue weighted by atomic mass is 32.2. The molecule has 1 aliphatic heterocycles. The Morgan fingerprint density at radius 1 is 0.769 bits per heavy atom. The van der Waals surface area contributed by atoms with E-state index in [0.29, 0.717) is 4.90 Å². The zero-order valence-electron chi connectivity index (χ0n) is 36.9. The summed E-state index contributed by atoms with van der Waals surface area (Å²) in [7, 11) is 0.360. The number of rotatable bonds is 11. The molecule has 0 unspecified atom stereocenters. The van der Waals surface area contributed by atoms with E-state index < -0.39 is 21.4 Å². The van der Waals surface area contributed by atoms with Gasteiger partial charge in [-0.15, -0.1) is 6.42 Å². The number of aliphatic hydroxyl groups is 1. The van der Waals surface area contributed by atoms with Gasteiger partial charge in [0.25, 0.3) is 0 Å². The second-order valence-electron chi connectivity index (χ2n) is 13.3. The lowest BCUT2D eigenvalue weighted by Gasteiger charge is -2.40. The van der Waals surface area contributed by atoms with Crippen LogP contribution in [0.5, 0.6) is 0 Å². The van der Waals surface area contributed by atoms with Crippen LogP contribution in [0.1, 0.15) is 106 Å². The Hall–Kier alpha value is -7.87. The third-order valence-electron chi connectivity index (χ3n) is 8.72. The van der Waals surface area contributed by atoms with Crippen LogP contribution < -0.4 is 4.90 Å². The molecule has 2 aromatic rings. The van der Waals surface area contributed by atoms with E-state index >= 15 is 0 Å². The smallest absolute Gasteiger partial charge is 0.179 e. The van der Waals surface area contributed by atoms with Crippen LogP contribution in [-0.2, 0) is 37.3 Å². The molecule has 3 rings (SSSR count). The molecule has 0 aliphatic carbocycles. The average molecular weight is 931 g/mol. The second-order valence-corrected chi connectivity index (χ2v) is 15.4. The lowest BCUT2D eigenvalue weighted by atomic mass is 9.68. The monoisotopic (exact) mass is 931 g/mol. The number of anilines is 1. The fourth-order valence-electron chi connectivity index (χ4n) is 6.03. The Bertz CT molecular complexity index is 2980. The number of sulfone groups is 1. The summed E-state index contributed by atoms with van der Waals surface area (Å²) in [6.07, 6.45) is 9.38. The molecule has 358 valence electrons. The van der Waals surface area contributed by atoms with E-state index in [-0.39, 0.29) is 35.9 Å². The maximum atomic E-state index is 13.8. The van der Waals surface area contributed by atoms with Gasteiger partial charge >= 0.3 is 0 Å². The number of aliphatic hydroxyl groups excluding tert-OH is 1. The molecule has 0 fully saturated rings.